The Balaban J connectivity index is 1.83. The molecule has 1 unspecified atom stereocenters. The second-order valence-corrected chi connectivity index (χ2v) is 5.83. The van der Waals surface area contributed by atoms with Crippen LogP contribution in [0.15, 0.2) is 41.8 Å². The van der Waals surface area contributed by atoms with E-state index in [0.717, 1.165) is 0 Å². The fraction of sp³-hybridized carbons (Fsp3) is 0.250. The molecular formula is C16H16FNO2S. The smallest absolute Gasteiger partial charge is 0.224 e. The number of rotatable bonds is 6. The normalized spacial score (nSPS) is 11.9. The number of carbonyl (C=O) groups is 2. The highest BCUT2D eigenvalue weighted by Crippen LogP contribution is 2.12. The monoisotopic (exact) mass is 305 g/mol. The number of ketones is 1. The van der Waals surface area contributed by atoms with Crippen LogP contribution in [-0.4, -0.2) is 17.7 Å². The number of benzene rings is 1. The number of carbonyl (C=O) groups excluding carboxylic acids is 2. The molecule has 1 amide bonds. The van der Waals surface area contributed by atoms with E-state index in [0.29, 0.717) is 10.4 Å². The van der Waals surface area contributed by atoms with Gasteiger partial charge in [0.1, 0.15) is 5.82 Å². The van der Waals surface area contributed by atoms with Crippen molar-refractivity contribution in [3.63, 3.8) is 0 Å². The van der Waals surface area contributed by atoms with Crippen molar-refractivity contribution in [1.29, 1.82) is 0 Å². The number of amides is 1. The van der Waals surface area contributed by atoms with Crippen LogP contribution in [-0.2, 0) is 11.2 Å². The van der Waals surface area contributed by atoms with Crippen molar-refractivity contribution in [2.45, 2.75) is 25.8 Å². The van der Waals surface area contributed by atoms with E-state index in [4.69, 9.17) is 0 Å². The second kappa shape index (κ2) is 7.13. The summed E-state index contributed by atoms with van der Waals surface area (Å²) in [6.45, 7) is 1.79. The van der Waals surface area contributed by atoms with Gasteiger partial charge in [0.15, 0.2) is 5.78 Å². The van der Waals surface area contributed by atoms with E-state index in [9.17, 15) is 14.0 Å². The van der Waals surface area contributed by atoms with Crippen LogP contribution in [0.2, 0.25) is 0 Å². The average Bonchev–Trinajstić information content (AvgIpc) is 2.91. The van der Waals surface area contributed by atoms with E-state index >= 15 is 0 Å². The molecule has 0 bridgehead atoms. The van der Waals surface area contributed by atoms with E-state index in [1.807, 2.05) is 11.4 Å². The average molecular weight is 305 g/mol. The van der Waals surface area contributed by atoms with Crippen LogP contribution in [0.3, 0.4) is 0 Å². The molecule has 0 aliphatic carbocycles. The molecule has 0 aliphatic heterocycles. The third-order valence-corrected chi connectivity index (χ3v) is 3.86. The lowest BCUT2D eigenvalue weighted by Crippen LogP contribution is -2.35. The van der Waals surface area contributed by atoms with E-state index < -0.39 is 0 Å². The van der Waals surface area contributed by atoms with Crippen LogP contribution in [0.5, 0.6) is 0 Å². The van der Waals surface area contributed by atoms with Crippen LogP contribution in [0.1, 0.15) is 28.6 Å². The lowest BCUT2D eigenvalue weighted by Gasteiger charge is -2.12. The molecule has 5 heteroatoms. The van der Waals surface area contributed by atoms with Crippen LogP contribution < -0.4 is 5.32 Å². The van der Waals surface area contributed by atoms with Crippen molar-refractivity contribution in [3.05, 3.63) is 58.0 Å². The topological polar surface area (TPSA) is 46.2 Å². The van der Waals surface area contributed by atoms with Gasteiger partial charge in [-0.2, -0.15) is 0 Å². The SMILES string of the molecule is CC(CC(=O)c1cccs1)NC(=O)Cc1cccc(F)c1. The summed E-state index contributed by atoms with van der Waals surface area (Å²) in [6, 6.07) is 9.29. The van der Waals surface area contributed by atoms with Gasteiger partial charge in [0.25, 0.3) is 0 Å². The minimum atomic E-state index is -0.360. The van der Waals surface area contributed by atoms with Gasteiger partial charge in [0.05, 0.1) is 11.3 Å². The molecule has 0 fully saturated rings. The first-order valence-electron chi connectivity index (χ1n) is 6.65. The Kier molecular flexibility index (Phi) is 5.22. The molecule has 1 N–H and O–H groups in total. The summed E-state index contributed by atoms with van der Waals surface area (Å²) >= 11 is 1.39. The van der Waals surface area contributed by atoms with Crippen molar-refractivity contribution in [2.24, 2.45) is 0 Å². The summed E-state index contributed by atoms with van der Waals surface area (Å²) in [7, 11) is 0. The van der Waals surface area contributed by atoms with E-state index in [2.05, 4.69) is 5.32 Å². The van der Waals surface area contributed by atoms with Gasteiger partial charge >= 0.3 is 0 Å². The Morgan fingerprint density at radius 3 is 2.76 bits per heavy atom. The zero-order chi connectivity index (χ0) is 15.2. The van der Waals surface area contributed by atoms with Gasteiger partial charge in [-0.3, -0.25) is 9.59 Å². The summed E-state index contributed by atoms with van der Waals surface area (Å²) in [5, 5.41) is 4.61. The lowest BCUT2D eigenvalue weighted by molar-refractivity contribution is -0.121. The van der Waals surface area contributed by atoms with Gasteiger partial charge in [-0.1, -0.05) is 18.2 Å². The maximum absolute atomic E-state index is 13.0. The van der Waals surface area contributed by atoms with Crippen LogP contribution in [0.25, 0.3) is 0 Å². The fourth-order valence-corrected chi connectivity index (χ4v) is 2.70. The molecule has 110 valence electrons. The van der Waals surface area contributed by atoms with Crippen molar-refractivity contribution >= 4 is 23.0 Å². The van der Waals surface area contributed by atoms with Gasteiger partial charge in [0.2, 0.25) is 5.91 Å². The molecule has 2 aromatic rings. The standard InChI is InChI=1S/C16H16FNO2S/c1-11(8-14(19)15-6-3-7-21-15)18-16(20)10-12-4-2-5-13(17)9-12/h2-7,9,11H,8,10H2,1H3,(H,18,20). The Morgan fingerprint density at radius 1 is 1.29 bits per heavy atom. The molecule has 21 heavy (non-hydrogen) atoms. The summed E-state index contributed by atoms with van der Waals surface area (Å²) in [6.07, 6.45) is 0.366. The van der Waals surface area contributed by atoms with E-state index in [1.165, 1.54) is 23.5 Å². The summed E-state index contributed by atoms with van der Waals surface area (Å²) in [4.78, 5) is 24.5. The Labute approximate surface area is 126 Å². The molecule has 1 aromatic heterocycles. The second-order valence-electron chi connectivity index (χ2n) is 4.88. The highest BCUT2D eigenvalue weighted by Gasteiger charge is 2.14. The third kappa shape index (κ3) is 4.79. The first kappa shape index (κ1) is 15.4. The molecule has 1 aromatic carbocycles. The van der Waals surface area contributed by atoms with Crippen LogP contribution in [0.4, 0.5) is 4.39 Å². The van der Waals surface area contributed by atoms with Gasteiger partial charge in [0, 0.05) is 12.5 Å². The molecule has 3 nitrogen and oxygen atoms in total. The predicted octanol–water partition coefficient (Wildman–Crippen LogP) is 3.21. The maximum Gasteiger partial charge on any atom is 0.224 e. The molecule has 0 radical (unpaired) electrons. The zero-order valence-electron chi connectivity index (χ0n) is 11.6. The number of thiophene rings is 1. The van der Waals surface area contributed by atoms with Gasteiger partial charge in [-0.05, 0) is 36.1 Å². The first-order chi connectivity index (χ1) is 10.0. The highest BCUT2D eigenvalue weighted by atomic mass is 32.1. The summed E-state index contributed by atoms with van der Waals surface area (Å²) in [5.74, 6) is -0.558. The van der Waals surface area contributed by atoms with Gasteiger partial charge in [-0.15, -0.1) is 11.3 Å². The molecule has 0 spiro atoms. The quantitative estimate of drug-likeness (QED) is 0.833. The van der Waals surface area contributed by atoms with E-state index in [-0.39, 0.29) is 36.4 Å². The molecule has 2 rings (SSSR count). The van der Waals surface area contributed by atoms with Gasteiger partial charge in [-0.25, -0.2) is 4.39 Å². The zero-order valence-corrected chi connectivity index (χ0v) is 12.5. The largest absolute Gasteiger partial charge is 0.353 e. The Bertz CT molecular complexity index is 625. The van der Waals surface area contributed by atoms with Crippen molar-refractivity contribution < 1.29 is 14.0 Å². The highest BCUT2D eigenvalue weighted by molar-refractivity contribution is 7.12. The molecule has 0 saturated heterocycles. The fourth-order valence-electron chi connectivity index (χ4n) is 2.03. The molecule has 1 atom stereocenters. The minimum Gasteiger partial charge on any atom is -0.353 e. The lowest BCUT2D eigenvalue weighted by atomic mass is 10.1. The van der Waals surface area contributed by atoms with Crippen LogP contribution >= 0.6 is 11.3 Å². The van der Waals surface area contributed by atoms with Crippen LogP contribution in [0, 0.1) is 5.82 Å². The molecule has 1 heterocycles. The number of hydrogen-bond donors (Lipinski definition) is 1. The van der Waals surface area contributed by atoms with Crippen molar-refractivity contribution in [3.8, 4) is 0 Å². The number of hydrogen-bond acceptors (Lipinski definition) is 3. The first-order valence-corrected chi connectivity index (χ1v) is 7.53. The maximum atomic E-state index is 13.0. The predicted molar refractivity (Wildman–Crippen MR) is 81.0 cm³/mol. The Morgan fingerprint density at radius 2 is 2.10 bits per heavy atom. The Hall–Kier alpha value is -2.01. The molecular weight excluding hydrogens is 289 g/mol. The van der Waals surface area contributed by atoms with Gasteiger partial charge < -0.3 is 5.32 Å². The summed E-state index contributed by atoms with van der Waals surface area (Å²) in [5.41, 5.74) is 0.615. The summed E-state index contributed by atoms with van der Waals surface area (Å²) < 4.78 is 13.0. The third-order valence-electron chi connectivity index (χ3n) is 2.95. The molecule has 0 saturated carbocycles. The number of halogens is 1. The van der Waals surface area contributed by atoms with Crippen molar-refractivity contribution in [1.82, 2.24) is 5.32 Å². The number of Topliss-reactive ketones (excluding diaryl/α,β-unsaturated/α-hetero) is 1. The molecule has 0 aliphatic rings. The van der Waals surface area contributed by atoms with E-state index in [1.54, 1.807) is 25.1 Å². The number of nitrogens with one attached hydrogen (secondary N) is 1. The van der Waals surface area contributed by atoms with Crippen molar-refractivity contribution in [2.75, 3.05) is 0 Å². The minimum absolute atomic E-state index is 0.0172.